The highest BCUT2D eigenvalue weighted by Gasteiger charge is 2.27. The van der Waals surface area contributed by atoms with Gasteiger partial charge in [0.1, 0.15) is 5.00 Å². The van der Waals surface area contributed by atoms with Crippen molar-refractivity contribution in [2.45, 2.75) is 50.2 Å². The minimum absolute atomic E-state index is 0.208. The lowest BCUT2D eigenvalue weighted by Crippen LogP contribution is -2.19. The van der Waals surface area contributed by atoms with Gasteiger partial charge >= 0.3 is 0 Å². The lowest BCUT2D eigenvalue weighted by molar-refractivity contribution is 0.1000. The summed E-state index contributed by atoms with van der Waals surface area (Å²) in [6.45, 7) is 6.48. The number of amides is 2. The van der Waals surface area contributed by atoms with Crippen LogP contribution in [0.4, 0.5) is 5.00 Å². The molecule has 0 aliphatic heterocycles. The molecule has 1 atom stereocenters. The fourth-order valence-electron chi connectivity index (χ4n) is 3.23. The second-order valence-electron chi connectivity index (χ2n) is 7.07. The van der Waals surface area contributed by atoms with Gasteiger partial charge in [-0.15, -0.1) is 23.1 Å². The molecule has 0 saturated heterocycles. The first-order valence-corrected chi connectivity index (χ1v) is 10.6. The molecule has 26 heavy (non-hydrogen) atoms. The van der Waals surface area contributed by atoms with E-state index in [1.807, 2.05) is 24.3 Å². The molecule has 1 aliphatic rings. The van der Waals surface area contributed by atoms with Crippen LogP contribution in [0.2, 0.25) is 0 Å². The van der Waals surface area contributed by atoms with Crippen molar-refractivity contribution >= 4 is 39.9 Å². The first-order valence-electron chi connectivity index (χ1n) is 8.87. The molecular formula is C20H24N2O2S2. The Balaban J connectivity index is 1.82. The fourth-order valence-corrected chi connectivity index (χ4v) is 5.48. The summed E-state index contributed by atoms with van der Waals surface area (Å²) in [6, 6.07) is 7.55. The third kappa shape index (κ3) is 4.13. The molecule has 1 unspecified atom stereocenters. The smallest absolute Gasteiger partial charge is 0.256 e. The van der Waals surface area contributed by atoms with Crippen LogP contribution in [-0.4, -0.2) is 17.1 Å². The highest BCUT2D eigenvalue weighted by molar-refractivity contribution is 7.99. The molecule has 0 fully saturated rings. The van der Waals surface area contributed by atoms with Crippen LogP contribution in [0.5, 0.6) is 0 Å². The third-order valence-electron chi connectivity index (χ3n) is 4.47. The summed E-state index contributed by atoms with van der Waals surface area (Å²) in [7, 11) is 0. The fraction of sp³-hybridized carbons (Fsp3) is 0.400. The predicted octanol–water partition coefficient (Wildman–Crippen LogP) is 4.72. The number of nitrogens with one attached hydrogen (secondary N) is 1. The van der Waals surface area contributed by atoms with Crippen LogP contribution in [-0.2, 0) is 12.8 Å². The maximum atomic E-state index is 12.6. The summed E-state index contributed by atoms with van der Waals surface area (Å²) < 4.78 is 0. The molecule has 0 saturated carbocycles. The van der Waals surface area contributed by atoms with Gasteiger partial charge in [0, 0.05) is 20.6 Å². The van der Waals surface area contributed by atoms with Gasteiger partial charge in [-0.25, -0.2) is 0 Å². The molecular weight excluding hydrogens is 364 g/mol. The number of hydrogen-bond acceptors (Lipinski definition) is 4. The zero-order valence-electron chi connectivity index (χ0n) is 15.3. The molecule has 3 N–H and O–H groups in total. The molecule has 3 rings (SSSR count). The average Bonchev–Trinajstić information content (AvgIpc) is 2.91. The lowest BCUT2D eigenvalue weighted by atomic mass is 9.88. The number of benzene rings is 1. The van der Waals surface area contributed by atoms with Gasteiger partial charge in [-0.2, -0.15) is 0 Å². The van der Waals surface area contributed by atoms with Crippen molar-refractivity contribution in [3.8, 4) is 0 Å². The summed E-state index contributed by atoms with van der Waals surface area (Å²) in [5.41, 5.74) is 7.71. The van der Waals surface area contributed by atoms with Crippen molar-refractivity contribution in [3.05, 3.63) is 45.8 Å². The normalized spacial score (nSPS) is 16.4. The average molecular weight is 389 g/mol. The molecule has 2 amide bonds. The van der Waals surface area contributed by atoms with E-state index in [2.05, 4.69) is 26.1 Å². The van der Waals surface area contributed by atoms with E-state index < -0.39 is 5.91 Å². The van der Waals surface area contributed by atoms with Crippen LogP contribution in [0.15, 0.2) is 29.2 Å². The van der Waals surface area contributed by atoms with E-state index in [4.69, 9.17) is 5.73 Å². The van der Waals surface area contributed by atoms with E-state index in [0.29, 0.717) is 27.3 Å². The number of primary amides is 1. The van der Waals surface area contributed by atoms with Crippen LogP contribution < -0.4 is 11.1 Å². The van der Waals surface area contributed by atoms with E-state index in [1.165, 1.54) is 16.2 Å². The Labute approximate surface area is 162 Å². The van der Waals surface area contributed by atoms with Crippen LogP contribution >= 0.6 is 23.1 Å². The molecule has 138 valence electrons. The second kappa shape index (κ2) is 7.84. The molecule has 4 nitrogen and oxygen atoms in total. The molecule has 1 aromatic carbocycles. The number of nitrogens with two attached hydrogens (primary N) is 1. The van der Waals surface area contributed by atoms with Crippen molar-refractivity contribution in [1.29, 1.82) is 0 Å². The molecule has 0 radical (unpaired) electrons. The van der Waals surface area contributed by atoms with E-state index in [9.17, 15) is 9.59 Å². The number of anilines is 1. The number of thioether (sulfide) groups is 1. The first-order chi connectivity index (χ1) is 12.3. The van der Waals surface area contributed by atoms with Crippen LogP contribution in [0.25, 0.3) is 0 Å². The van der Waals surface area contributed by atoms with Gasteiger partial charge in [-0.05, 0) is 55.0 Å². The standard InChI is InChI=1S/C20H24N2O2S2/c1-11(2)25-14-7-5-13(6-8-14)19(24)22-20-17(18(21)23)15-9-4-12(3)10-16(15)26-20/h5-8,11-12H,4,9-10H2,1-3H3,(H2,21,23)(H,22,24). The Morgan fingerprint density at radius 3 is 2.58 bits per heavy atom. The Morgan fingerprint density at radius 2 is 1.96 bits per heavy atom. The monoisotopic (exact) mass is 388 g/mol. The molecule has 0 bridgehead atoms. The number of thiophene rings is 1. The molecule has 0 spiro atoms. The Kier molecular flexibility index (Phi) is 5.73. The first kappa shape index (κ1) is 19.0. The summed E-state index contributed by atoms with van der Waals surface area (Å²) >= 11 is 3.25. The number of hydrogen-bond donors (Lipinski definition) is 2. The molecule has 1 aromatic heterocycles. The van der Waals surface area contributed by atoms with Gasteiger partial charge in [-0.1, -0.05) is 20.8 Å². The van der Waals surface area contributed by atoms with Crippen molar-refractivity contribution in [1.82, 2.24) is 0 Å². The Bertz CT molecular complexity index is 825. The SMILES string of the molecule is CC1CCc2c(sc(NC(=O)c3ccc(SC(C)C)cc3)c2C(N)=O)C1. The number of carbonyl (C=O) groups excluding carboxylic acids is 2. The summed E-state index contributed by atoms with van der Waals surface area (Å²) in [5.74, 6) is -0.0762. The van der Waals surface area contributed by atoms with Crippen molar-refractivity contribution in [2.24, 2.45) is 11.7 Å². The highest BCUT2D eigenvalue weighted by atomic mass is 32.2. The minimum Gasteiger partial charge on any atom is -0.365 e. The zero-order valence-corrected chi connectivity index (χ0v) is 16.9. The van der Waals surface area contributed by atoms with Gasteiger partial charge in [0.25, 0.3) is 11.8 Å². The van der Waals surface area contributed by atoms with Gasteiger partial charge in [0.15, 0.2) is 0 Å². The third-order valence-corrected chi connectivity index (χ3v) is 6.66. The number of rotatable bonds is 5. The quantitative estimate of drug-likeness (QED) is 0.728. The van der Waals surface area contributed by atoms with Crippen molar-refractivity contribution < 1.29 is 9.59 Å². The van der Waals surface area contributed by atoms with Crippen LogP contribution in [0.1, 0.15) is 58.3 Å². The van der Waals surface area contributed by atoms with Gasteiger partial charge < -0.3 is 11.1 Å². The largest absolute Gasteiger partial charge is 0.365 e. The number of fused-ring (bicyclic) bond motifs is 1. The van der Waals surface area contributed by atoms with E-state index in [1.54, 1.807) is 11.8 Å². The topological polar surface area (TPSA) is 72.2 Å². The van der Waals surface area contributed by atoms with E-state index >= 15 is 0 Å². The van der Waals surface area contributed by atoms with Gasteiger partial charge in [0.2, 0.25) is 0 Å². The maximum absolute atomic E-state index is 12.6. The Morgan fingerprint density at radius 1 is 1.27 bits per heavy atom. The molecule has 1 aliphatic carbocycles. The van der Waals surface area contributed by atoms with E-state index in [-0.39, 0.29) is 5.91 Å². The lowest BCUT2D eigenvalue weighted by Gasteiger charge is -2.18. The van der Waals surface area contributed by atoms with Crippen LogP contribution in [0.3, 0.4) is 0 Å². The minimum atomic E-state index is -0.462. The molecule has 1 heterocycles. The highest BCUT2D eigenvalue weighted by Crippen LogP contribution is 2.39. The molecule has 6 heteroatoms. The summed E-state index contributed by atoms with van der Waals surface area (Å²) in [4.78, 5) is 26.9. The maximum Gasteiger partial charge on any atom is 0.256 e. The predicted molar refractivity (Wildman–Crippen MR) is 109 cm³/mol. The summed E-state index contributed by atoms with van der Waals surface area (Å²) in [5, 5.41) is 3.99. The second-order valence-corrected chi connectivity index (χ2v) is 9.82. The van der Waals surface area contributed by atoms with Crippen LogP contribution in [0, 0.1) is 5.92 Å². The van der Waals surface area contributed by atoms with Gasteiger partial charge in [0.05, 0.1) is 5.56 Å². The zero-order chi connectivity index (χ0) is 18.8. The summed E-state index contributed by atoms with van der Waals surface area (Å²) in [6.07, 6.45) is 2.84. The number of carbonyl (C=O) groups is 2. The Hall–Kier alpha value is -1.79. The van der Waals surface area contributed by atoms with Crippen molar-refractivity contribution in [2.75, 3.05) is 5.32 Å². The van der Waals surface area contributed by atoms with E-state index in [0.717, 1.165) is 29.7 Å². The van der Waals surface area contributed by atoms with Crippen molar-refractivity contribution in [3.63, 3.8) is 0 Å². The molecule has 2 aromatic rings. The van der Waals surface area contributed by atoms with Gasteiger partial charge in [-0.3, -0.25) is 9.59 Å².